The van der Waals surface area contributed by atoms with Crippen molar-refractivity contribution in [3.63, 3.8) is 0 Å². The van der Waals surface area contributed by atoms with Gasteiger partial charge in [0.05, 0.1) is 10.6 Å². The zero-order chi connectivity index (χ0) is 20.8. The number of anilines is 1. The molecule has 148 valence electrons. The van der Waals surface area contributed by atoms with Crippen LogP contribution in [0.3, 0.4) is 0 Å². The molecule has 0 radical (unpaired) electrons. The predicted molar refractivity (Wildman–Crippen MR) is 109 cm³/mol. The van der Waals surface area contributed by atoms with Crippen LogP contribution in [-0.4, -0.2) is 28.2 Å². The van der Waals surface area contributed by atoms with Crippen LogP contribution in [0.5, 0.6) is 5.75 Å². The number of thiazole rings is 1. The van der Waals surface area contributed by atoms with Crippen molar-refractivity contribution in [3.8, 4) is 17.0 Å². The molecular weight excluding hydrogens is 394 g/mol. The molecule has 3 aromatic rings. The van der Waals surface area contributed by atoms with Crippen LogP contribution in [0.4, 0.5) is 10.8 Å². The van der Waals surface area contributed by atoms with Gasteiger partial charge in [-0.2, -0.15) is 0 Å². The van der Waals surface area contributed by atoms with Gasteiger partial charge in [0.2, 0.25) is 0 Å². The highest BCUT2D eigenvalue weighted by Gasteiger charge is 2.12. The molecule has 0 bridgehead atoms. The summed E-state index contributed by atoms with van der Waals surface area (Å²) in [5.74, 6) is 0.125. The number of nitro benzene ring substituents is 1. The quantitative estimate of drug-likeness (QED) is 0.335. The van der Waals surface area contributed by atoms with E-state index in [4.69, 9.17) is 4.74 Å². The molecule has 3 rings (SSSR count). The van der Waals surface area contributed by atoms with Crippen LogP contribution in [0.25, 0.3) is 11.3 Å². The van der Waals surface area contributed by atoms with Gasteiger partial charge in [0, 0.05) is 35.1 Å². The molecule has 29 heavy (non-hydrogen) atoms. The Balaban J connectivity index is 1.57. The number of nitrogens with one attached hydrogen (secondary N) is 1. The zero-order valence-electron chi connectivity index (χ0n) is 15.5. The topological polar surface area (TPSA) is 111 Å². The SMILES string of the molecule is CCC(=O)c1ccc(OCC(=O)Nc2nc(-c3cccc([N+](=O)[O-])c3)cs2)cc1. The number of amides is 1. The van der Waals surface area contributed by atoms with E-state index in [0.717, 1.165) is 0 Å². The summed E-state index contributed by atoms with van der Waals surface area (Å²) in [6, 6.07) is 12.7. The molecular formula is C20H17N3O5S. The zero-order valence-corrected chi connectivity index (χ0v) is 16.3. The molecule has 0 unspecified atom stereocenters. The third-order valence-electron chi connectivity index (χ3n) is 3.97. The fourth-order valence-electron chi connectivity index (χ4n) is 2.49. The molecule has 8 nitrogen and oxygen atoms in total. The van der Waals surface area contributed by atoms with Gasteiger partial charge >= 0.3 is 0 Å². The number of rotatable bonds is 8. The highest BCUT2D eigenvalue weighted by atomic mass is 32.1. The minimum Gasteiger partial charge on any atom is -0.484 e. The Bertz CT molecular complexity index is 1050. The van der Waals surface area contributed by atoms with Gasteiger partial charge < -0.3 is 4.74 Å². The van der Waals surface area contributed by atoms with E-state index in [1.165, 1.54) is 23.5 Å². The predicted octanol–water partition coefficient (Wildman–Crippen LogP) is 4.33. The summed E-state index contributed by atoms with van der Waals surface area (Å²) < 4.78 is 5.42. The molecule has 2 aromatic carbocycles. The molecule has 1 heterocycles. The first kappa shape index (κ1) is 20.2. The lowest BCUT2D eigenvalue weighted by atomic mass is 10.1. The van der Waals surface area contributed by atoms with E-state index in [1.54, 1.807) is 48.7 Å². The second kappa shape index (κ2) is 9.07. The van der Waals surface area contributed by atoms with E-state index in [2.05, 4.69) is 10.3 Å². The number of carbonyl (C=O) groups is 2. The van der Waals surface area contributed by atoms with Crippen LogP contribution in [0.2, 0.25) is 0 Å². The third kappa shape index (κ3) is 5.23. The first-order chi connectivity index (χ1) is 14.0. The minimum absolute atomic E-state index is 0.0267. The normalized spacial score (nSPS) is 10.4. The number of hydrogen-bond donors (Lipinski definition) is 1. The molecule has 0 saturated heterocycles. The number of non-ortho nitro benzene ring substituents is 1. The molecule has 0 spiro atoms. The summed E-state index contributed by atoms with van der Waals surface area (Å²) in [5.41, 5.74) is 1.70. The lowest BCUT2D eigenvalue weighted by Gasteiger charge is -2.06. The third-order valence-corrected chi connectivity index (χ3v) is 4.73. The number of Topliss-reactive ketones (excluding diaryl/α,β-unsaturated/α-hetero) is 1. The Morgan fingerprint density at radius 3 is 2.66 bits per heavy atom. The van der Waals surface area contributed by atoms with E-state index in [-0.39, 0.29) is 18.1 Å². The average molecular weight is 411 g/mol. The van der Waals surface area contributed by atoms with E-state index in [0.29, 0.717) is 34.1 Å². The highest BCUT2D eigenvalue weighted by Crippen LogP contribution is 2.27. The van der Waals surface area contributed by atoms with Crippen molar-refractivity contribution in [1.82, 2.24) is 4.98 Å². The summed E-state index contributed by atoms with van der Waals surface area (Å²) in [6.07, 6.45) is 0.425. The van der Waals surface area contributed by atoms with Crippen LogP contribution in [0, 0.1) is 10.1 Å². The number of nitrogens with zero attached hydrogens (tertiary/aromatic N) is 2. The van der Waals surface area contributed by atoms with Crippen molar-refractivity contribution < 1.29 is 19.2 Å². The Hall–Kier alpha value is -3.59. The summed E-state index contributed by atoms with van der Waals surface area (Å²) in [6.45, 7) is 1.58. The van der Waals surface area contributed by atoms with Crippen molar-refractivity contribution in [3.05, 3.63) is 69.6 Å². The van der Waals surface area contributed by atoms with Crippen molar-refractivity contribution in [1.29, 1.82) is 0 Å². The molecule has 0 saturated carbocycles. The number of ether oxygens (including phenoxy) is 1. The fourth-order valence-corrected chi connectivity index (χ4v) is 3.22. The van der Waals surface area contributed by atoms with Gasteiger partial charge in [0.25, 0.3) is 11.6 Å². The van der Waals surface area contributed by atoms with Crippen LogP contribution < -0.4 is 10.1 Å². The van der Waals surface area contributed by atoms with Crippen molar-refractivity contribution in [2.24, 2.45) is 0 Å². The van der Waals surface area contributed by atoms with Crippen molar-refractivity contribution in [2.45, 2.75) is 13.3 Å². The van der Waals surface area contributed by atoms with E-state index in [1.807, 2.05) is 0 Å². The Kier molecular flexibility index (Phi) is 6.30. The van der Waals surface area contributed by atoms with E-state index in [9.17, 15) is 19.7 Å². The van der Waals surface area contributed by atoms with Crippen LogP contribution in [-0.2, 0) is 4.79 Å². The average Bonchev–Trinajstić information content (AvgIpc) is 3.20. The number of aromatic nitrogens is 1. The van der Waals surface area contributed by atoms with Gasteiger partial charge in [-0.3, -0.25) is 25.0 Å². The molecule has 0 aliphatic rings. The maximum absolute atomic E-state index is 12.1. The molecule has 9 heteroatoms. The monoisotopic (exact) mass is 411 g/mol. The number of hydrogen-bond acceptors (Lipinski definition) is 7. The van der Waals surface area contributed by atoms with Crippen LogP contribution >= 0.6 is 11.3 Å². The van der Waals surface area contributed by atoms with Gasteiger partial charge in [0.1, 0.15) is 5.75 Å². The molecule has 0 aliphatic heterocycles. The molecule has 0 atom stereocenters. The lowest BCUT2D eigenvalue weighted by Crippen LogP contribution is -2.20. The maximum atomic E-state index is 12.1. The minimum atomic E-state index is -0.472. The summed E-state index contributed by atoms with van der Waals surface area (Å²) in [5, 5.41) is 15.6. The van der Waals surface area contributed by atoms with Gasteiger partial charge in [-0.05, 0) is 24.3 Å². The summed E-state index contributed by atoms with van der Waals surface area (Å²) in [7, 11) is 0. The lowest BCUT2D eigenvalue weighted by molar-refractivity contribution is -0.384. The van der Waals surface area contributed by atoms with Crippen molar-refractivity contribution >= 4 is 33.8 Å². The first-order valence-electron chi connectivity index (χ1n) is 8.72. The second-order valence-electron chi connectivity index (χ2n) is 5.98. The number of nitro groups is 1. The van der Waals surface area contributed by atoms with Gasteiger partial charge in [-0.15, -0.1) is 11.3 Å². The smallest absolute Gasteiger partial charge is 0.270 e. The van der Waals surface area contributed by atoms with Crippen molar-refractivity contribution in [2.75, 3.05) is 11.9 Å². The Labute approximate surface area is 170 Å². The molecule has 0 fully saturated rings. The van der Waals surface area contributed by atoms with E-state index < -0.39 is 10.8 Å². The Morgan fingerprint density at radius 2 is 1.97 bits per heavy atom. The van der Waals surface area contributed by atoms with Gasteiger partial charge in [-0.1, -0.05) is 19.1 Å². The van der Waals surface area contributed by atoms with E-state index >= 15 is 0 Å². The van der Waals surface area contributed by atoms with Gasteiger partial charge in [0.15, 0.2) is 17.5 Å². The maximum Gasteiger partial charge on any atom is 0.270 e. The largest absolute Gasteiger partial charge is 0.484 e. The van der Waals surface area contributed by atoms with Crippen LogP contribution in [0.15, 0.2) is 53.9 Å². The molecule has 1 N–H and O–H groups in total. The first-order valence-corrected chi connectivity index (χ1v) is 9.60. The van der Waals surface area contributed by atoms with Gasteiger partial charge in [-0.25, -0.2) is 4.98 Å². The fraction of sp³-hybridized carbons (Fsp3) is 0.150. The van der Waals surface area contributed by atoms with Crippen LogP contribution in [0.1, 0.15) is 23.7 Å². The summed E-state index contributed by atoms with van der Waals surface area (Å²) in [4.78, 5) is 38.4. The molecule has 1 amide bonds. The highest BCUT2D eigenvalue weighted by molar-refractivity contribution is 7.14. The molecule has 1 aromatic heterocycles. The molecule has 0 aliphatic carbocycles. The number of carbonyl (C=O) groups excluding carboxylic acids is 2. The number of ketones is 1. The standard InChI is InChI=1S/C20H17N3O5S/c1-2-18(24)13-6-8-16(9-7-13)28-11-19(25)22-20-21-17(12-29-20)14-4-3-5-15(10-14)23(26)27/h3-10,12H,2,11H2,1H3,(H,21,22,25). The summed E-state index contributed by atoms with van der Waals surface area (Å²) >= 11 is 1.21. The Morgan fingerprint density at radius 1 is 1.21 bits per heavy atom. The second-order valence-corrected chi connectivity index (χ2v) is 6.84. The number of benzene rings is 2.